The molecule has 0 spiro atoms. The van der Waals surface area contributed by atoms with E-state index in [1.165, 1.54) is 22.9 Å². The van der Waals surface area contributed by atoms with Gasteiger partial charge in [-0.1, -0.05) is 23.4 Å². The molecule has 9 rings (SSSR count). The van der Waals surface area contributed by atoms with Crippen molar-refractivity contribution in [3.8, 4) is 22.8 Å². The van der Waals surface area contributed by atoms with Crippen molar-refractivity contribution in [2.45, 2.75) is 50.7 Å². The number of nitrogens with two attached hydrogens (primary N) is 1. The summed E-state index contributed by atoms with van der Waals surface area (Å²) in [5.41, 5.74) is 8.16. The van der Waals surface area contributed by atoms with Gasteiger partial charge in [-0.05, 0) is 86.2 Å². The largest absolute Gasteiger partial charge is 0.457 e. The molecule has 1 unspecified atom stereocenters. The number of likely N-dealkylation sites (tertiary alicyclic amines) is 1. The molecule has 5 aromatic rings. The van der Waals surface area contributed by atoms with Crippen LogP contribution in [0.25, 0.3) is 11.3 Å². The van der Waals surface area contributed by atoms with Crippen LogP contribution in [0.4, 0.5) is 11.5 Å². The number of ether oxygens (including phenoxy) is 3. The molecule has 6 heterocycles. The molecule has 0 radical (unpaired) electrons. The molecule has 0 saturated carbocycles. The van der Waals surface area contributed by atoms with E-state index in [1.807, 2.05) is 59.3 Å². The number of nitrogens with zero attached hydrogens (tertiary/aromatic N) is 7. The van der Waals surface area contributed by atoms with Crippen molar-refractivity contribution >= 4 is 52.9 Å². The van der Waals surface area contributed by atoms with Crippen molar-refractivity contribution in [3.05, 3.63) is 101 Å². The van der Waals surface area contributed by atoms with E-state index < -0.39 is 41.5 Å². The van der Waals surface area contributed by atoms with E-state index >= 15 is 0 Å². The van der Waals surface area contributed by atoms with Gasteiger partial charge in [0, 0.05) is 37.3 Å². The molecule has 21 nitrogen and oxygen atoms in total. The van der Waals surface area contributed by atoms with Crippen LogP contribution in [-0.4, -0.2) is 128 Å². The molecular weight excluding hydrogens is 867 g/mol. The molecule has 0 bridgehead atoms. The Morgan fingerprint density at radius 3 is 2.34 bits per heavy atom. The van der Waals surface area contributed by atoms with E-state index in [1.54, 1.807) is 11.1 Å². The molecule has 21 heteroatoms. The molecule has 67 heavy (non-hydrogen) atoms. The van der Waals surface area contributed by atoms with Crippen molar-refractivity contribution in [1.82, 2.24) is 39.9 Å². The maximum atomic E-state index is 13.5. The summed E-state index contributed by atoms with van der Waals surface area (Å²) in [5, 5.41) is 21.3. The number of hydrogen-bond acceptors (Lipinski definition) is 14. The molecule has 0 aliphatic carbocycles. The van der Waals surface area contributed by atoms with Gasteiger partial charge in [-0.2, -0.15) is 5.10 Å². The van der Waals surface area contributed by atoms with Crippen LogP contribution in [0, 0.1) is 5.92 Å². The molecule has 4 aliphatic rings. The first-order valence-corrected chi connectivity index (χ1v) is 22.0. The SMILES string of the molecule is NC(=O)c1c(-c2ccc(Oc3ccccc3)cc2)nn2c1NCC[C@H]2C1CCN(C(=O)c2cn(CCOCCOCC(=O)Nc3ccc4c(c3)C(=O)N(C3CCC(=O)NC3=O)C4=O)nn2)CC1. The smallest absolute Gasteiger partial charge is 0.276 e. The van der Waals surface area contributed by atoms with E-state index in [2.05, 4.69) is 26.3 Å². The highest BCUT2D eigenvalue weighted by Gasteiger charge is 2.45. The number of nitrogens with one attached hydrogen (secondary N) is 3. The first-order valence-electron chi connectivity index (χ1n) is 22.0. The van der Waals surface area contributed by atoms with Crippen molar-refractivity contribution in [2.75, 3.05) is 56.7 Å². The lowest BCUT2D eigenvalue weighted by molar-refractivity contribution is -0.136. The first kappa shape index (κ1) is 44.4. The number of aromatic nitrogens is 5. The van der Waals surface area contributed by atoms with E-state index in [-0.39, 0.29) is 79.6 Å². The topological polar surface area (TPSA) is 264 Å². The first-order chi connectivity index (χ1) is 32.5. The molecule has 4 aliphatic heterocycles. The summed E-state index contributed by atoms with van der Waals surface area (Å²) in [4.78, 5) is 91.3. The third-order valence-electron chi connectivity index (χ3n) is 12.2. The maximum absolute atomic E-state index is 13.5. The molecule has 2 aromatic heterocycles. The summed E-state index contributed by atoms with van der Waals surface area (Å²) in [6, 6.07) is 20.0. The number of amides is 7. The summed E-state index contributed by atoms with van der Waals surface area (Å²) >= 11 is 0. The summed E-state index contributed by atoms with van der Waals surface area (Å²) in [6.45, 7) is 2.25. The standard InChI is InChI=1S/C46H47N11O10/c47-41(60)39-40(28-6-9-31(10-7-28)67-30-4-2-1-3-5-30)52-57-35(14-17-48-42(39)57)27-15-18-54(19-16-27)46(64)34-25-55(53-51-34)20-21-65-22-23-66-26-38(59)49-29-8-11-32-33(24-29)45(63)56(44(32)62)36-12-13-37(58)50-43(36)61/h1-11,24-25,27,35-36,48H,12-23,26H2,(H2,47,60)(H,49,59)(H,50,58,61)/t35-,36?/m0/s1. The number of hydrogen-bond donors (Lipinski definition) is 4. The third kappa shape index (κ3) is 9.49. The second kappa shape index (κ2) is 19.4. The van der Waals surface area contributed by atoms with Gasteiger partial charge in [0.1, 0.15) is 41.2 Å². The van der Waals surface area contributed by atoms with Gasteiger partial charge in [0.2, 0.25) is 17.7 Å². The summed E-state index contributed by atoms with van der Waals surface area (Å²) in [7, 11) is 0. The second-order valence-corrected chi connectivity index (χ2v) is 16.5. The lowest BCUT2D eigenvalue weighted by Crippen LogP contribution is -2.54. The Balaban J connectivity index is 0.697. The average molecular weight is 914 g/mol. The van der Waals surface area contributed by atoms with Crippen LogP contribution in [-0.2, 0) is 30.4 Å². The van der Waals surface area contributed by atoms with Gasteiger partial charge in [-0.3, -0.25) is 43.8 Å². The molecule has 346 valence electrons. The van der Waals surface area contributed by atoms with Crippen molar-refractivity contribution in [2.24, 2.45) is 11.7 Å². The Labute approximate surface area is 382 Å². The van der Waals surface area contributed by atoms with Gasteiger partial charge in [0.25, 0.3) is 23.6 Å². The fourth-order valence-electron chi connectivity index (χ4n) is 8.92. The number of rotatable bonds is 16. The van der Waals surface area contributed by atoms with E-state index in [0.717, 1.165) is 29.7 Å². The number of imide groups is 2. The maximum Gasteiger partial charge on any atom is 0.276 e. The van der Waals surface area contributed by atoms with Gasteiger partial charge >= 0.3 is 0 Å². The van der Waals surface area contributed by atoms with E-state index in [9.17, 15) is 33.6 Å². The van der Waals surface area contributed by atoms with Crippen molar-refractivity contribution in [1.29, 1.82) is 0 Å². The Morgan fingerprint density at radius 2 is 1.58 bits per heavy atom. The molecule has 7 amide bonds. The van der Waals surface area contributed by atoms with E-state index in [4.69, 9.17) is 25.0 Å². The minimum Gasteiger partial charge on any atom is -0.457 e. The predicted octanol–water partition coefficient (Wildman–Crippen LogP) is 3.02. The normalized spacial score (nSPS) is 18.3. The van der Waals surface area contributed by atoms with Gasteiger partial charge in [-0.15, -0.1) is 5.10 Å². The molecule has 2 fully saturated rings. The highest BCUT2D eigenvalue weighted by Crippen LogP contribution is 2.40. The fraction of sp³-hybridized carbons (Fsp3) is 0.348. The zero-order valence-electron chi connectivity index (χ0n) is 36.2. The molecule has 5 N–H and O–H groups in total. The lowest BCUT2D eigenvalue weighted by Gasteiger charge is -2.38. The van der Waals surface area contributed by atoms with Crippen LogP contribution in [0.15, 0.2) is 79.0 Å². The molecule has 2 atom stereocenters. The fourth-order valence-corrected chi connectivity index (χ4v) is 8.92. The minimum absolute atomic E-state index is 0.00462. The van der Waals surface area contributed by atoms with Gasteiger partial charge in [-0.25, -0.2) is 9.36 Å². The molecule has 3 aromatic carbocycles. The summed E-state index contributed by atoms with van der Waals surface area (Å²) < 4.78 is 20.4. The summed E-state index contributed by atoms with van der Waals surface area (Å²) in [5.74, 6) is -1.59. The Bertz CT molecular complexity index is 2730. The molecule has 2 saturated heterocycles. The number of piperidine rings is 2. The zero-order chi connectivity index (χ0) is 46.6. The Morgan fingerprint density at radius 1 is 0.836 bits per heavy atom. The van der Waals surface area contributed by atoms with Gasteiger partial charge < -0.3 is 35.5 Å². The second-order valence-electron chi connectivity index (χ2n) is 16.5. The zero-order valence-corrected chi connectivity index (χ0v) is 36.2. The number of fused-ring (bicyclic) bond motifs is 2. The number of carbonyl (C=O) groups excluding carboxylic acids is 7. The average Bonchev–Trinajstić information content (AvgIpc) is 4.04. The lowest BCUT2D eigenvalue weighted by atomic mass is 9.86. The Kier molecular flexibility index (Phi) is 12.8. The van der Waals surface area contributed by atoms with Gasteiger partial charge in [0.15, 0.2) is 5.69 Å². The highest BCUT2D eigenvalue weighted by atomic mass is 16.5. The number of primary amides is 1. The number of anilines is 2. The Hall–Kier alpha value is -7.78. The quantitative estimate of drug-likeness (QED) is 0.0820. The van der Waals surface area contributed by atoms with Crippen LogP contribution in [0.2, 0.25) is 0 Å². The predicted molar refractivity (Wildman–Crippen MR) is 237 cm³/mol. The number of benzene rings is 3. The molecular formula is C46H47N11O10. The van der Waals surface area contributed by atoms with Crippen LogP contribution in [0.5, 0.6) is 11.5 Å². The summed E-state index contributed by atoms with van der Waals surface area (Å²) in [6.07, 6.45) is 3.90. The number of para-hydroxylation sites is 1. The highest BCUT2D eigenvalue weighted by molar-refractivity contribution is 6.24. The number of carbonyl (C=O) groups is 7. The minimum atomic E-state index is -1.09. The van der Waals surface area contributed by atoms with Gasteiger partial charge in [0.05, 0.1) is 49.7 Å². The van der Waals surface area contributed by atoms with Crippen LogP contribution < -0.4 is 26.4 Å². The third-order valence-corrected chi connectivity index (χ3v) is 12.2. The monoisotopic (exact) mass is 913 g/mol. The van der Waals surface area contributed by atoms with Crippen LogP contribution >= 0.6 is 0 Å². The van der Waals surface area contributed by atoms with E-state index in [0.29, 0.717) is 54.8 Å². The van der Waals surface area contributed by atoms with Crippen molar-refractivity contribution < 1.29 is 47.8 Å². The van der Waals surface area contributed by atoms with Crippen molar-refractivity contribution in [3.63, 3.8) is 0 Å². The van der Waals surface area contributed by atoms with Crippen LogP contribution in [0.3, 0.4) is 0 Å². The van der Waals surface area contributed by atoms with Crippen LogP contribution in [0.1, 0.15) is 79.7 Å².